The Hall–Kier alpha value is -0.260. The summed E-state index contributed by atoms with van der Waals surface area (Å²) < 4.78 is 10.7. The molecule has 0 aromatic carbocycles. The van der Waals surface area contributed by atoms with Crippen molar-refractivity contribution in [1.82, 2.24) is 4.90 Å². The van der Waals surface area contributed by atoms with Gasteiger partial charge in [-0.05, 0) is 18.8 Å². The number of amides is 1. The van der Waals surface area contributed by atoms with E-state index in [-0.39, 0.29) is 5.24 Å². The molecule has 0 bridgehead atoms. The van der Waals surface area contributed by atoms with E-state index < -0.39 is 0 Å². The van der Waals surface area contributed by atoms with E-state index in [0.29, 0.717) is 26.4 Å². The van der Waals surface area contributed by atoms with Gasteiger partial charge in [0, 0.05) is 20.2 Å². The summed E-state index contributed by atoms with van der Waals surface area (Å²) in [5.41, 5.74) is 0. The molecule has 0 aliphatic heterocycles. The Labute approximate surface area is 110 Å². The number of carbonyl (C=O) groups excluding carboxylic acids is 1. The van der Waals surface area contributed by atoms with Crippen LogP contribution in [-0.2, 0) is 9.47 Å². The van der Waals surface area contributed by atoms with Crippen LogP contribution < -0.4 is 0 Å². The number of ether oxygens (including phenoxy) is 2. The Bertz CT molecular complexity index is 200. The number of nitrogens with zero attached hydrogens (tertiary/aromatic N) is 1. The Balaban J connectivity index is 3.11. The lowest BCUT2D eigenvalue weighted by molar-refractivity contribution is 0.0421. The first kappa shape index (κ1) is 16.7. The van der Waals surface area contributed by atoms with Gasteiger partial charge in [-0.15, -0.1) is 0 Å². The molecule has 5 heteroatoms. The zero-order valence-corrected chi connectivity index (χ0v) is 12.0. The van der Waals surface area contributed by atoms with E-state index in [9.17, 15) is 4.79 Å². The average Bonchev–Trinajstić information content (AvgIpc) is 2.25. The van der Waals surface area contributed by atoms with Crippen LogP contribution in [0, 0.1) is 5.92 Å². The molecule has 4 nitrogen and oxygen atoms in total. The topological polar surface area (TPSA) is 38.8 Å². The van der Waals surface area contributed by atoms with Gasteiger partial charge in [-0.1, -0.05) is 26.5 Å². The van der Waals surface area contributed by atoms with Gasteiger partial charge in [0.05, 0.1) is 19.8 Å². The molecule has 0 fully saturated rings. The van der Waals surface area contributed by atoms with Gasteiger partial charge in [0.15, 0.2) is 0 Å². The van der Waals surface area contributed by atoms with Crippen molar-refractivity contribution in [3.8, 4) is 0 Å². The number of carbonyl (C=O) groups is 1. The minimum absolute atomic E-state index is 0.237. The molecule has 0 aromatic heterocycles. The highest BCUT2D eigenvalue weighted by Crippen LogP contribution is 2.02. The lowest BCUT2D eigenvalue weighted by Gasteiger charge is -2.13. The fourth-order valence-corrected chi connectivity index (χ4v) is 1.31. The van der Waals surface area contributed by atoms with Crippen molar-refractivity contribution < 1.29 is 14.3 Å². The number of likely N-dealkylation sites (N-methyl/N-ethyl adjacent to an activating group) is 1. The maximum absolute atomic E-state index is 10.7. The highest BCUT2D eigenvalue weighted by molar-refractivity contribution is 7.96. The fraction of sp³-hybridized carbons (Fsp3) is 0.917. The molecule has 0 rings (SSSR count). The quantitative estimate of drug-likeness (QED) is 0.486. The monoisotopic (exact) mass is 263 g/mol. The van der Waals surface area contributed by atoms with E-state index in [1.165, 1.54) is 11.3 Å². The largest absolute Gasteiger partial charge is 0.379 e. The molecular weight excluding hydrogens is 238 g/mol. The van der Waals surface area contributed by atoms with Crippen LogP contribution in [0.25, 0.3) is 0 Å². The number of rotatable bonds is 10. The summed E-state index contributed by atoms with van der Waals surface area (Å²) in [6.07, 6.45) is 2.31. The van der Waals surface area contributed by atoms with Crippen molar-refractivity contribution in [3.05, 3.63) is 0 Å². The van der Waals surface area contributed by atoms with Crippen LogP contribution in [0.4, 0.5) is 4.79 Å². The highest BCUT2D eigenvalue weighted by Gasteiger charge is 2.01. The first-order valence-corrected chi connectivity index (χ1v) is 6.58. The van der Waals surface area contributed by atoms with Gasteiger partial charge in [-0.3, -0.25) is 4.79 Å². The molecule has 0 atom stereocenters. The number of thiol groups is 1. The van der Waals surface area contributed by atoms with Crippen molar-refractivity contribution in [3.63, 3.8) is 0 Å². The zero-order chi connectivity index (χ0) is 13.1. The van der Waals surface area contributed by atoms with Crippen molar-refractivity contribution in [2.45, 2.75) is 26.7 Å². The molecule has 17 heavy (non-hydrogen) atoms. The zero-order valence-electron chi connectivity index (χ0n) is 11.1. The SMILES string of the molecule is CC(C)CCCOCCOCCN(C)C(=O)S. The standard InChI is InChI=1S/C12H25NO3S/c1-11(2)5-4-7-15-9-10-16-8-6-13(3)12(14)17/h11H,4-10H2,1-3H3,(H,14,17). The summed E-state index contributed by atoms with van der Waals surface area (Å²) in [5, 5.41) is -0.237. The van der Waals surface area contributed by atoms with Crippen LogP contribution in [-0.4, -0.2) is 50.2 Å². The Morgan fingerprint density at radius 1 is 1.18 bits per heavy atom. The molecule has 0 aromatic rings. The summed E-state index contributed by atoms with van der Waals surface area (Å²) in [5.74, 6) is 0.740. The third kappa shape index (κ3) is 12.0. The average molecular weight is 263 g/mol. The summed E-state index contributed by atoms with van der Waals surface area (Å²) in [4.78, 5) is 12.3. The van der Waals surface area contributed by atoms with Gasteiger partial charge >= 0.3 is 0 Å². The van der Waals surface area contributed by atoms with Gasteiger partial charge in [0.2, 0.25) is 0 Å². The smallest absolute Gasteiger partial charge is 0.278 e. The predicted molar refractivity (Wildman–Crippen MR) is 72.7 cm³/mol. The maximum Gasteiger partial charge on any atom is 0.278 e. The minimum Gasteiger partial charge on any atom is -0.379 e. The van der Waals surface area contributed by atoms with E-state index in [4.69, 9.17) is 9.47 Å². The second-order valence-corrected chi connectivity index (χ2v) is 4.85. The summed E-state index contributed by atoms with van der Waals surface area (Å²) in [6, 6.07) is 0. The number of hydrogen-bond acceptors (Lipinski definition) is 3. The van der Waals surface area contributed by atoms with E-state index in [0.717, 1.165) is 18.9 Å². The molecule has 0 radical (unpaired) electrons. The minimum atomic E-state index is -0.237. The molecule has 1 amide bonds. The van der Waals surface area contributed by atoms with Crippen molar-refractivity contribution >= 4 is 17.9 Å². The maximum atomic E-state index is 10.7. The third-order valence-electron chi connectivity index (χ3n) is 2.34. The predicted octanol–water partition coefficient (Wildman–Crippen LogP) is 2.44. The Morgan fingerprint density at radius 2 is 1.76 bits per heavy atom. The van der Waals surface area contributed by atoms with Gasteiger partial charge in [0.1, 0.15) is 0 Å². The van der Waals surface area contributed by atoms with Crippen molar-refractivity contribution in [1.29, 1.82) is 0 Å². The molecule has 0 aliphatic rings. The van der Waals surface area contributed by atoms with Crippen molar-refractivity contribution in [2.24, 2.45) is 5.92 Å². The van der Waals surface area contributed by atoms with E-state index in [2.05, 4.69) is 26.5 Å². The number of hydrogen-bond donors (Lipinski definition) is 1. The first-order valence-electron chi connectivity index (χ1n) is 6.13. The van der Waals surface area contributed by atoms with Crippen LogP contribution in [0.2, 0.25) is 0 Å². The summed E-state index contributed by atoms with van der Waals surface area (Å²) in [6.45, 7) is 7.52. The second kappa shape index (κ2) is 10.9. The lowest BCUT2D eigenvalue weighted by Crippen LogP contribution is -2.25. The molecule has 0 unspecified atom stereocenters. The van der Waals surface area contributed by atoms with Crippen LogP contribution >= 0.6 is 12.6 Å². The molecule has 0 spiro atoms. The Morgan fingerprint density at radius 3 is 2.29 bits per heavy atom. The lowest BCUT2D eigenvalue weighted by atomic mass is 10.1. The molecule has 102 valence electrons. The van der Waals surface area contributed by atoms with E-state index in [1.54, 1.807) is 7.05 Å². The molecule has 0 saturated carbocycles. The van der Waals surface area contributed by atoms with Crippen LogP contribution in [0.3, 0.4) is 0 Å². The first-order chi connectivity index (χ1) is 8.04. The van der Waals surface area contributed by atoms with E-state index >= 15 is 0 Å². The highest BCUT2D eigenvalue weighted by atomic mass is 32.1. The van der Waals surface area contributed by atoms with Crippen molar-refractivity contribution in [2.75, 3.05) is 40.0 Å². The van der Waals surface area contributed by atoms with Crippen LogP contribution in [0.1, 0.15) is 26.7 Å². The third-order valence-corrected chi connectivity index (χ3v) is 2.68. The summed E-state index contributed by atoms with van der Waals surface area (Å²) >= 11 is 3.70. The molecular formula is C12H25NO3S. The van der Waals surface area contributed by atoms with Gasteiger partial charge in [0.25, 0.3) is 5.24 Å². The second-order valence-electron chi connectivity index (χ2n) is 4.46. The summed E-state index contributed by atoms with van der Waals surface area (Å²) in [7, 11) is 1.70. The van der Waals surface area contributed by atoms with E-state index in [1.807, 2.05) is 0 Å². The Kier molecular flexibility index (Phi) is 10.7. The normalized spacial score (nSPS) is 10.9. The molecule has 0 saturated heterocycles. The van der Waals surface area contributed by atoms with Crippen LogP contribution in [0.5, 0.6) is 0 Å². The van der Waals surface area contributed by atoms with Gasteiger partial charge < -0.3 is 14.4 Å². The molecule has 0 heterocycles. The van der Waals surface area contributed by atoms with Crippen LogP contribution in [0.15, 0.2) is 0 Å². The van der Waals surface area contributed by atoms with Gasteiger partial charge in [-0.25, -0.2) is 0 Å². The fourth-order valence-electron chi connectivity index (χ4n) is 1.21. The molecule has 0 aliphatic carbocycles. The molecule has 0 N–H and O–H groups in total. The van der Waals surface area contributed by atoms with Gasteiger partial charge in [-0.2, -0.15) is 0 Å².